The van der Waals surface area contributed by atoms with Crippen LogP contribution in [0.4, 0.5) is 5.69 Å². The van der Waals surface area contributed by atoms with Crippen LogP contribution >= 0.6 is 0 Å². The number of rotatable bonds is 4. The number of aliphatic hydroxyl groups excluding tert-OH is 1. The minimum absolute atomic E-state index is 0.0752. The molecule has 2 heterocycles. The summed E-state index contributed by atoms with van der Waals surface area (Å²) >= 11 is 0. The summed E-state index contributed by atoms with van der Waals surface area (Å²) in [7, 11) is 0. The Morgan fingerprint density at radius 2 is 1.64 bits per heavy atom. The molecular weight excluding hydrogens is 316 g/mol. The van der Waals surface area contributed by atoms with Crippen molar-refractivity contribution in [2.24, 2.45) is 0 Å². The summed E-state index contributed by atoms with van der Waals surface area (Å²) in [6.45, 7) is 5.46. The highest BCUT2D eigenvalue weighted by Gasteiger charge is 2.25. The highest BCUT2D eigenvalue weighted by Crippen LogP contribution is 2.31. The van der Waals surface area contributed by atoms with Crippen LogP contribution in [0.5, 0.6) is 11.5 Å². The number of anilines is 1. The molecule has 0 bridgehead atoms. The molecule has 1 N–H and O–H groups in total. The first-order valence-electron chi connectivity index (χ1n) is 8.88. The average Bonchev–Trinajstić information content (AvgIpc) is 2.68. The smallest absolute Gasteiger partial charge is 0.161 e. The van der Waals surface area contributed by atoms with Gasteiger partial charge >= 0.3 is 0 Å². The predicted molar refractivity (Wildman–Crippen MR) is 97.4 cm³/mol. The number of benzene rings is 2. The molecular formula is C20H24N2O3. The van der Waals surface area contributed by atoms with E-state index in [-0.39, 0.29) is 12.7 Å². The van der Waals surface area contributed by atoms with Crippen LogP contribution in [0.25, 0.3) is 0 Å². The summed E-state index contributed by atoms with van der Waals surface area (Å²) in [6.07, 6.45) is 0.0752. The van der Waals surface area contributed by atoms with Gasteiger partial charge in [-0.05, 0) is 18.2 Å². The predicted octanol–water partition coefficient (Wildman–Crippen LogP) is 2.14. The lowest BCUT2D eigenvalue weighted by atomic mass is 10.1. The van der Waals surface area contributed by atoms with E-state index in [1.54, 1.807) is 0 Å². The standard InChI is InChI=1S/C20H24N2O3/c23-14-16-5-1-2-6-18(16)22-11-9-21(10-12-22)13-17-15-24-19-7-3-4-8-20(19)25-17/h1-8,17,23H,9-15H2/t17-/m0/s1. The maximum absolute atomic E-state index is 9.53. The van der Waals surface area contributed by atoms with Gasteiger partial charge in [0.05, 0.1) is 6.61 Å². The van der Waals surface area contributed by atoms with Crippen molar-refractivity contribution >= 4 is 5.69 Å². The van der Waals surface area contributed by atoms with Crippen molar-refractivity contribution in [1.82, 2.24) is 4.90 Å². The van der Waals surface area contributed by atoms with Crippen LogP contribution in [0.2, 0.25) is 0 Å². The molecule has 0 spiro atoms. The van der Waals surface area contributed by atoms with Crippen molar-refractivity contribution in [2.75, 3.05) is 44.2 Å². The molecule has 0 aliphatic carbocycles. The molecule has 2 aromatic rings. The van der Waals surface area contributed by atoms with E-state index in [9.17, 15) is 5.11 Å². The number of ether oxygens (including phenoxy) is 2. The molecule has 0 saturated carbocycles. The van der Waals surface area contributed by atoms with Crippen molar-refractivity contribution in [2.45, 2.75) is 12.7 Å². The molecule has 2 aromatic carbocycles. The Morgan fingerprint density at radius 1 is 0.920 bits per heavy atom. The molecule has 5 nitrogen and oxygen atoms in total. The van der Waals surface area contributed by atoms with Crippen LogP contribution in [-0.2, 0) is 6.61 Å². The van der Waals surface area contributed by atoms with Crippen LogP contribution in [0, 0.1) is 0 Å². The molecule has 1 saturated heterocycles. The Morgan fingerprint density at radius 3 is 2.44 bits per heavy atom. The van der Waals surface area contributed by atoms with Crippen LogP contribution in [0.3, 0.4) is 0 Å². The van der Waals surface area contributed by atoms with E-state index in [0.717, 1.165) is 55.5 Å². The van der Waals surface area contributed by atoms with Crippen molar-refractivity contribution in [3.63, 3.8) is 0 Å². The number of nitrogens with zero attached hydrogens (tertiary/aromatic N) is 2. The van der Waals surface area contributed by atoms with Gasteiger partial charge in [0.2, 0.25) is 0 Å². The third kappa shape index (κ3) is 3.57. The maximum Gasteiger partial charge on any atom is 0.161 e. The van der Waals surface area contributed by atoms with Gasteiger partial charge < -0.3 is 19.5 Å². The summed E-state index contributed by atoms with van der Waals surface area (Å²) in [4.78, 5) is 4.79. The van der Waals surface area contributed by atoms with Crippen LogP contribution in [-0.4, -0.2) is 55.4 Å². The molecule has 4 rings (SSSR count). The lowest BCUT2D eigenvalue weighted by molar-refractivity contribution is 0.0571. The molecule has 0 radical (unpaired) electrons. The Balaban J connectivity index is 1.32. The van der Waals surface area contributed by atoms with Crippen molar-refractivity contribution in [1.29, 1.82) is 0 Å². The van der Waals surface area contributed by atoms with Gasteiger partial charge in [0.25, 0.3) is 0 Å². The molecule has 2 aliphatic rings. The van der Waals surface area contributed by atoms with E-state index >= 15 is 0 Å². The molecule has 0 amide bonds. The van der Waals surface area contributed by atoms with Gasteiger partial charge in [-0.2, -0.15) is 0 Å². The van der Waals surface area contributed by atoms with Crippen LogP contribution in [0.1, 0.15) is 5.56 Å². The Hall–Kier alpha value is -2.24. The average molecular weight is 340 g/mol. The number of para-hydroxylation sites is 3. The minimum Gasteiger partial charge on any atom is -0.486 e. The van der Waals surface area contributed by atoms with E-state index in [2.05, 4.69) is 15.9 Å². The zero-order chi connectivity index (χ0) is 17.1. The number of hydrogen-bond donors (Lipinski definition) is 1. The second-order valence-electron chi connectivity index (χ2n) is 6.57. The number of piperazine rings is 1. The first-order chi connectivity index (χ1) is 12.3. The molecule has 1 atom stereocenters. The fourth-order valence-corrected chi connectivity index (χ4v) is 3.57. The van der Waals surface area contributed by atoms with E-state index < -0.39 is 0 Å². The Kier molecular flexibility index (Phi) is 4.76. The summed E-state index contributed by atoms with van der Waals surface area (Å²) in [5.74, 6) is 1.68. The lowest BCUT2D eigenvalue weighted by Crippen LogP contribution is -2.50. The van der Waals surface area contributed by atoms with Crippen LogP contribution < -0.4 is 14.4 Å². The third-order valence-corrected chi connectivity index (χ3v) is 4.90. The quantitative estimate of drug-likeness (QED) is 0.924. The molecule has 5 heteroatoms. The van der Waals surface area contributed by atoms with E-state index in [1.807, 2.05) is 42.5 Å². The number of hydrogen-bond acceptors (Lipinski definition) is 5. The lowest BCUT2D eigenvalue weighted by Gasteiger charge is -2.38. The molecule has 2 aliphatic heterocycles. The molecule has 0 unspecified atom stereocenters. The zero-order valence-electron chi connectivity index (χ0n) is 14.3. The molecule has 1 fully saturated rings. The van der Waals surface area contributed by atoms with Gasteiger partial charge in [0, 0.05) is 44.0 Å². The topological polar surface area (TPSA) is 45.2 Å². The second-order valence-corrected chi connectivity index (χ2v) is 6.57. The van der Waals surface area contributed by atoms with Gasteiger partial charge in [-0.15, -0.1) is 0 Å². The van der Waals surface area contributed by atoms with Gasteiger partial charge in [0.1, 0.15) is 12.7 Å². The van der Waals surface area contributed by atoms with Crippen molar-refractivity contribution < 1.29 is 14.6 Å². The maximum atomic E-state index is 9.53. The van der Waals surface area contributed by atoms with Gasteiger partial charge in [0.15, 0.2) is 11.5 Å². The first kappa shape index (κ1) is 16.2. The monoisotopic (exact) mass is 340 g/mol. The molecule has 0 aromatic heterocycles. The highest BCUT2D eigenvalue weighted by molar-refractivity contribution is 5.53. The highest BCUT2D eigenvalue weighted by atomic mass is 16.6. The minimum atomic E-state index is 0.0752. The fourth-order valence-electron chi connectivity index (χ4n) is 3.57. The molecule has 25 heavy (non-hydrogen) atoms. The summed E-state index contributed by atoms with van der Waals surface area (Å²) in [5.41, 5.74) is 2.15. The summed E-state index contributed by atoms with van der Waals surface area (Å²) < 4.78 is 11.9. The summed E-state index contributed by atoms with van der Waals surface area (Å²) in [6, 6.07) is 15.9. The van der Waals surface area contributed by atoms with Gasteiger partial charge in [-0.3, -0.25) is 4.90 Å². The number of fused-ring (bicyclic) bond motifs is 1. The van der Waals surface area contributed by atoms with Gasteiger partial charge in [-0.25, -0.2) is 0 Å². The Labute approximate surface area is 148 Å². The van der Waals surface area contributed by atoms with Gasteiger partial charge in [-0.1, -0.05) is 30.3 Å². The van der Waals surface area contributed by atoms with Crippen LogP contribution in [0.15, 0.2) is 48.5 Å². The first-order valence-corrected chi connectivity index (χ1v) is 8.88. The molecule has 132 valence electrons. The van der Waals surface area contributed by atoms with E-state index in [1.165, 1.54) is 0 Å². The van der Waals surface area contributed by atoms with E-state index in [4.69, 9.17) is 9.47 Å². The van der Waals surface area contributed by atoms with Crippen molar-refractivity contribution in [3.05, 3.63) is 54.1 Å². The third-order valence-electron chi connectivity index (χ3n) is 4.90. The SMILES string of the molecule is OCc1ccccc1N1CCN(C[C@H]2COc3ccccc3O2)CC1. The summed E-state index contributed by atoms with van der Waals surface area (Å²) in [5, 5.41) is 9.53. The number of aliphatic hydroxyl groups is 1. The largest absolute Gasteiger partial charge is 0.486 e. The van der Waals surface area contributed by atoms with Crippen molar-refractivity contribution in [3.8, 4) is 11.5 Å². The second kappa shape index (κ2) is 7.33. The zero-order valence-corrected chi connectivity index (χ0v) is 14.3. The van der Waals surface area contributed by atoms with E-state index in [0.29, 0.717) is 6.61 Å². The Bertz CT molecular complexity index is 714. The fraction of sp³-hybridized carbons (Fsp3) is 0.400. The normalized spacial score (nSPS) is 20.5.